The normalized spacial score (nSPS) is 15.6. The minimum Gasteiger partial charge on any atom is -0.496 e. The minimum absolute atomic E-state index is 0.375. The van der Waals surface area contributed by atoms with Crippen molar-refractivity contribution in [1.29, 1.82) is 0 Å². The molecule has 1 heterocycles. The fourth-order valence-corrected chi connectivity index (χ4v) is 3.40. The van der Waals surface area contributed by atoms with Crippen molar-refractivity contribution in [1.82, 2.24) is 0 Å². The lowest BCUT2D eigenvalue weighted by molar-refractivity contribution is 0.00578. The van der Waals surface area contributed by atoms with E-state index in [-0.39, 0.29) is 0 Å². The second kappa shape index (κ2) is 11.2. The first-order chi connectivity index (χ1) is 15.9. The van der Waals surface area contributed by atoms with E-state index < -0.39 is 30.3 Å². The summed E-state index contributed by atoms with van der Waals surface area (Å²) in [5.41, 5.74) is 0.782. The first-order valence-electron chi connectivity index (χ1n) is 10.4. The van der Waals surface area contributed by atoms with Crippen LogP contribution in [0.3, 0.4) is 0 Å². The third-order valence-corrected chi connectivity index (χ3v) is 6.22. The van der Waals surface area contributed by atoms with Gasteiger partial charge in [0.15, 0.2) is 0 Å². The van der Waals surface area contributed by atoms with Crippen molar-refractivity contribution >= 4 is 40.4 Å². The van der Waals surface area contributed by atoms with Crippen LogP contribution >= 0.6 is 15.9 Å². The lowest BCUT2D eigenvalue weighted by atomic mass is 9.78. The molecule has 0 saturated carbocycles. The Morgan fingerprint density at radius 3 is 1.65 bits per heavy atom. The number of carbonyl (C=O) groups is 2. The summed E-state index contributed by atoms with van der Waals surface area (Å²) in [5.74, 6) is 0.104. The summed E-state index contributed by atoms with van der Waals surface area (Å²) in [7, 11) is 5.20. The standard InChI is InChI=1S/C15H21BO5.C9H9BrO3/c1-14(2)15(3,4)21-16(20-14)10-7-8-11(13(17)19-6)12(9-10)18-5;1-12-8-5-6(10)3-4-7(8)9(11)13-2/h7-9H,1-6H3;3-5H,1-2H3. The summed E-state index contributed by atoms with van der Waals surface area (Å²) in [6.45, 7) is 7.97. The molecule has 0 bridgehead atoms. The Labute approximate surface area is 209 Å². The zero-order valence-electron chi connectivity index (χ0n) is 20.7. The molecule has 2 aromatic carbocycles. The SMILES string of the molecule is COC(=O)c1ccc(B2OC(C)(C)C(C)(C)O2)cc1OC.COC(=O)c1ccc(Br)cc1OC. The number of methoxy groups -OCH3 is 4. The van der Waals surface area contributed by atoms with Crippen LogP contribution in [0.25, 0.3) is 0 Å². The van der Waals surface area contributed by atoms with Crippen LogP contribution in [0.2, 0.25) is 0 Å². The van der Waals surface area contributed by atoms with Gasteiger partial charge in [0.2, 0.25) is 0 Å². The molecule has 1 aliphatic heterocycles. The molecule has 0 atom stereocenters. The topological polar surface area (TPSA) is 89.5 Å². The van der Waals surface area contributed by atoms with E-state index in [1.54, 1.807) is 36.4 Å². The van der Waals surface area contributed by atoms with E-state index in [1.165, 1.54) is 28.4 Å². The van der Waals surface area contributed by atoms with Crippen molar-refractivity contribution in [3.05, 3.63) is 52.0 Å². The summed E-state index contributed by atoms with van der Waals surface area (Å²) in [4.78, 5) is 22.9. The van der Waals surface area contributed by atoms with Gasteiger partial charge in [0.05, 0.1) is 39.6 Å². The Kier molecular flexibility index (Phi) is 9.16. The highest BCUT2D eigenvalue weighted by Gasteiger charge is 2.51. The Morgan fingerprint density at radius 1 is 0.765 bits per heavy atom. The maximum atomic E-state index is 11.7. The smallest absolute Gasteiger partial charge is 0.494 e. The van der Waals surface area contributed by atoms with Crippen molar-refractivity contribution < 1.29 is 37.8 Å². The largest absolute Gasteiger partial charge is 0.496 e. The fourth-order valence-electron chi connectivity index (χ4n) is 3.06. The second-order valence-electron chi connectivity index (χ2n) is 8.38. The van der Waals surface area contributed by atoms with Gasteiger partial charge in [0, 0.05) is 4.47 Å². The van der Waals surface area contributed by atoms with Gasteiger partial charge in [0.1, 0.15) is 22.6 Å². The molecular formula is C24H30BBrO8. The zero-order valence-corrected chi connectivity index (χ0v) is 22.3. The van der Waals surface area contributed by atoms with E-state index in [0.717, 1.165) is 9.94 Å². The number of rotatable bonds is 5. The predicted octanol–water partition coefficient (Wildman–Crippen LogP) is 4.03. The number of halogens is 1. The van der Waals surface area contributed by atoms with Gasteiger partial charge >= 0.3 is 19.1 Å². The first-order valence-corrected chi connectivity index (χ1v) is 11.2. The lowest BCUT2D eigenvalue weighted by Crippen LogP contribution is -2.41. The van der Waals surface area contributed by atoms with Crippen molar-refractivity contribution in [3.63, 3.8) is 0 Å². The Hall–Kier alpha value is -2.56. The maximum absolute atomic E-state index is 11.7. The zero-order chi connectivity index (χ0) is 25.7. The molecule has 0 unspecified atom stereocenters. The van der Waals surface area contributed by atoms with E-state index in [1.807, 2.05) is 27.7 Å². The third kappa shape index (κ3) is 6.11. The van der Waals surface area contributed by atoms with Gasteiger partial charge in [-0.25, -0.2) is 9.59 Å². The van der Waals surface area contributed by atoms with E-state index in [2.05, 4.69) is 20.7 Å². The van der Waals surface area contributed by atoms with Crippen LogP contribution in [0.4, 0.5) is 0 Å². The van der Waals surface area contributed by atoms with Crippen molar-refractivity contribution in [3.8, 4) is 11.5 Å². The quantitative estimate of drug-likeness (QED) is 0.418. The average Bonchev–Trinajstić information content (AvgIpc) is 3.04. The van der Waals surface area contributed by atoms with Gasteiger partial charge in [-0.1, -0.05) is 22.0 Å². The Bertz CT molecular complexity index is 1020. The summed E-state index contributed by atoms with van der Waals surface area (Å²) in [5, 5.41) is 0. The molecule has 0 aromatic heterocycles. The van der Waals surface area contributed by atoms with Crippen LogP contribution < -0.4 is 14.9 Å². The minimum atomic E-state index is -0.490. The highest BCUT2D eigenvalue weighted by Crippen LogP contribution is 2.36. The highest BCUT2D eigenvalue weighted by molar-refractivity contribution is 9.10. The van der Waals surface area contributed by atoms with Gasteiger partial charge in [0.25, 0.3) is 0 Å². The molecular weight excluding hydrogens is 507 g/mol. The first kappa shape index (κ1) is 27.7. The van der Waals surface area contributed by atoms with Crippen molar-refractivity contribution in [2.24, 2.45) is 0 Å². The Morgan fingerprint density at radius 2 is 1.21 bits per heavy atom. The third-order valence-electron chi connectivity index (χ3n) is 5.73. The van der Waals surface area contributed by atoms with Gasteiger partial charge < -0.3 is 28.3 Å². The number of carbonyl (C=O) groups excluding carboxylic acids is 2. The molecule has 0 spiro atoms. The van der Waals surface area contributed by atoms with E-state index in [0.29, 0.717) is 22.6 Å². The summed E-state index contributed by atoms with van der Waals surface area (Å²) in [6.07, 6.45) is 0. The molecule has 3 rings (SSSR count). The maximum Gasteiger partial charge on any atom is 0.494 e. The molecule has 184 valence electrons. The monoisotopic (exact) mass is 536 g/mol. The van der Waals surface area contributed by atoms with Gasteiger partial charge in [-0.2, -0.15) is 0 Å². The van der Waals surface area contributed by atoms with Crippen LogP contribution in [0.5, 0.6) is 11.5 Å². The molecule has 10 heteroatoms. The Balaban J connectivity index is 0.000000270. The molecule has 1 fully saturated rings. The lowest BCUT2D eigenvalue weighted by Gasteiger charge is -2.32. The van der Waals surface area contributed by atoms with Crippen LogP contribution in [-0.4, -0.2) is 58.7 Å². The van der Waals surface area contributed by atoms with Crippen LogP contribution in [0.15, 0.2) is 40.9 Å². The van der Waals surface area contributed by atoms with Crippen LogP contribution in [0, 0.1) is 0 Å². The predicted molar refractivity (Wildman–Crippen MR) is 132 cm³/mol. The number of ether oxygens (including phenoxy) is 4. The molecule has 8 nitrogen and oxygen atoms in total. The van der Waals surface area contributed by atoms with E-state index in [4.69, 9.17) is 23.5 Å². The number of hydrogen-bond donors (Lipinski definition) is 0. The van der Waals surface area contributed by atoms with E-state index in [9.17, 15) is 9.59 Å². The number of hydrogen-bond acceptors (Lipinski definition) is 8. The second-order valence-corrected chi connectivity index (χ2v) is 9.29. The molecule has 0 aliphatic carbocycles. The van der Waals surface area contributed by atoms with Gasteiger partial charge in [-0.15, -0.1) is 0 Å². The molecule has 34 heavy (non-hydrogen) atoms. The molecule has 2 aromatic rings. The van der Waals surface area contributed by atoms with Gasteiger partial charge in [-0.3, -0.25) is 0 Å². The summed E-state index contributed by atoms with van der Waals surface area (Å²) < 4.78 is 32.4. The number of benzene rings is 2. The average molecular weight is 537 g/mol. The molecule has 0 N–H and O–H groups in total. The van der Waals surface area contributed by atoms with Crippen LogP contribution in [-0.2, 0) is 18.8 Å². The molecule has 0 radical (unpaired) electrons. The molecule has 0 amide bonds. The summed E-state index contributed by atoms with van der Waals surface area (Å²) >= 11 is 3.28. The van der Waals surface area contributed by atoms with Crippen molar-refractivity contribution in [2.75, 3.05) is 28.4 Å². The fraction of sp³-hybridized carbons (Fsp3) is 0.417. The van der Waals surface area contributed by atoms with Gasteiger partial charge in [-0.05, 0) is 63.5 Å². The molecule has 1 saturated heterocycles. The van der Waals surface area contributed by atoms with Crippen molar-refractivity contribution in [2.45, 2.75) is 38.9 Å². The summed E-state index contributed by atoms with van der Waals surface area (Å²) in [6, 6.07) is 10.3. The van der Waals surface area contributed by atoms with Crippen LogP contribution in [0.1, 0.15) is 48.4 Å². The number of esters is 2. The van der Waals surface area contributed by atoms with E-state index >= 15 is 0 Å². The highest BCUT2D eigenvalue weighted by atomic mass is 79.9. The molecule has 1 aliphatic rings.